The second kappa shape index (κ2) is 8.78. The molecule has 1 aromatic heterocycles. The van der Waals surface area contributed by atoms with E-state index in [1.807, 2.05) is 5.38 Å². The number of nitrogens with two attached hydrogens (primary N) is 1. The van der Waals surface area contributed by atoms with Gasteiger partial charge < -0.3 is 15.8 Å². The number of nitrogens with one attached hydrogen (secondary N) is 1. The van der Waals surface area contributed by atoms with E-state index >= 15 is 0 Å². The van der Waals surface area contributed by atoms with Gasteiger partial charge in [0.2, 0.25) is 5.91 Å². The lowest BCUT2D eigenvalue weighted by molar-refractivity contribution is -0.127. The summed E-state index contributed by atoms with van der Waals surface area (Å²) in [5.41, 5.74) is 6.65. The van der Waals surface area contributed by atoms with Crippen molar-refractivity contribution in [2.45, 2.75) is 44.6 Å². The molecule has 0 unspecified atom stereocenters. The van der Waals surface area contributed by atoms with Gasteiger partial charge in [-0.2, -0.15) is 0 Å². The van der Waals surface area contributed by atoms with Crippen molar-refractivity contribution < 1.29 is 9.53 Å². The fraction of sp³-hybridized carbons (Fsp3) is 0.765. The molecular weight excluding hydrogens is 324 g/mol. The maximum atomic E-state index is 12.4. The lowest BCUT2D eigenvalue weighted by Gasteiger charge is -2.39. The molecule has 2 aliphatic rings. The number of likely N-dealkylation sites (tertiary alicyclic amines) is 1. The van der Waals surface area contributed by atoms with E-state index in [1.165, 1.54) is 11.3 Å². The number of aryl methyl sites for hydroxylation is 1. The topological polar surface area (TPSA) is 80.5 Å². The van der Waals surface area contributed by atoms with Gasteiger partial charge >= 0.3 is 0 Å². The van der Waals surface area contributed by atoms with E-state index in [9.17, 15) is 4.79 Å². The predicted molar refractivity (Wildman–Crippen MR) is 96.0 cm³/mol. The molecular formula is C17H28N4O2S. The molecule has 7 heteroatoms. The minimum absolute atomic E-state index is 0.136. The van der Waals surface area contributed by atoms with Crippen LogP contribution in [-0.2, 0) is 16.0 Å². The first kappa shape index (κ1) is 17.6. The van der Waals surface area contributed by atoms with Crippen LogP contribution in [0.2, 0.25) is 0 Å². The number of rotatable bonds is 6. The number of carbonyl (C=O) groups is 1. The summed E-state index contributed by atoms with van der Waals surface area (Å²) in [6.07, 6.45) is 6.11. The Labute approximate surface area is 147 Å². The third-order valence-corrected chi connectivity index (χ3v) is 5.73. The van der Waals surface area contributed by atoms with Crippen LogP contribution in [0.15, 0.2) is 5.38 Å². The zero-order valence-corrected chi connectivity index (χ0v) is 15.0. The first-order chi connectivity index (χ1) is 11.7. The Bertz CT molecular complexity index is 530. The van der Waals surface area contributed by atoms with Gasteiger partial charge in [0.25, 0.3) is 0 Å². The Morgan fingerprint density at radius 2 is 2.25 bits per heavy atom. The second-order valence-electron chi connectivity index (χ2n) is 6.75. The molecule has 3 heterocycles. The van der Waals surface area contributed by atoms with Gasteiger partial charge in [-0.05, 0) is 45.1 Å². The molecule has 0 saturated carbocycles. The van der Waals surface area contributed by atoms with E-state index in [0.717, 1.165) is 70.5 Å². The number of anilines is 1. The summed E-state index contributed by atoms with van der Waals surface area (Å²) < 4.78 is 5.45. The van der Waals surface area contributed by atoms with Crippen LogP contribution in [0, 0.1) is 5.92 Å². The van der Waals surface area contributed by atoms with Crippen LogP contribution in [0.5, 0.6) is 0 Å². The summed E-state index contributed by atoms with van der Waals surface area (Å²) in [4.78, 5) is 19.2. The lowest BCUT2D eigenvalue weighted by Crippen LogP contribution is -2.48. The molecule has 2 fully saturated rings. The van der Waals surface area contributed by atoms with Crippen molar-refractivity contribution in [2.75, 3.05) is 38.6 Å². The maximum absolute atomic E-state index is 12.4. The van der Waals surface area contributed by atoms with Crippen LogP contribution in [0.4, 0.5) is 5.13 Å². The van der Waals surface area contributed by atoms with Gasteiger partial charge in [-0.25, -0.2) is 4.98 Å². The highest BCUT2D eigenvalue weighted by Gasteiger charge is 2.30. The first-order valence-electron chi connectivity index (χ1n) is 9.02. The van der Waals surface area contributed by atoms with Gasteiger partial charge in [0, 0.05) is 37.7 Å². The largest absolute Gasteiger partial charge is 0.381 e. The summed E-state index contributed by atoms with van der Waals surface area (Å²) in [5, 5.41) is 5.71. The third-order valence-electron chi connectivity index (χ3n) is 5.01. The van der Waals surface area contributed by atoms with Crippen molar-refractivity contribution in [1.82, 2.24) is 15.2 Å². The number of thiazole rings is 1. The maximum Gasteiger partial charge on any atom is 0.224 e. The summed E-state index contributed by atoms with van der Waals surface area (Å²) >= 11 is 1.47. The van der Waals surface area contributed by atoms with Gasteiger partial charge in [-0.15, -0.1) is 11.3 Å². The number of hydrogen-bond acceptors (Lipinski definition) is 6. The third kappa shape index (κ3) is 4.91. The van der Waals surface area contributed by atoms with Gasteiger partial charge in [-0.3, -0.25) is 9.69 Å². The van der Waals surface area contributed by atoms with E-state index in [4.69, 9.17) is 10.5 Å². The minimum atomic E-state index is 0.136. The SMILES string of the molecule is Nc1nc(CCCNC(=O)[C@@H]2CCCN(C3CCOCC3)C2)cs1. The minimum Gasteiger partial charge on any atom is -0.381 e. The van der Waals surface area contributed by atoms with E-state index in [2.05, 4.69) is 15.2 Å². The van der Waals surface area contributed by atoms with Crippen molar-refractivity contribution >= 4 is 22.4 Å². The molecule has 0 bridgehead atoms. The molecule has 134 valence electrons. The molecule has 0 aromatic carbocycles. The van der Waals surface area contributed by atoms with Crippen LogP contribution in [0.1, 0.15) is 37.8 Å². The van der Waals surface area contributed by atoms with Crippen molar-refractivity contribution in [1.29, 1.82) is 0 Å². The van der Waals surface area contributed by atoms with Crippen LogP contribution in [-0.4, -0.2) is 54.7 Å². The molecule has 2 saturated heterocycles. The molecule has 0 aliphatic carbocycles. The Morgan fingerprint density at radius 1 is 1.42 bits per heavy atom. The molecule has 0 radical (unpaired) electrons. The summed E-state index contributed by atoms with van der Waals surface area (Å²) in [6.45, 7) is 4.46. The Balaban J connectivity index is 1.37. The molecule has 1 atom stereocenters. The number of ether oxygens (including phenoxy) is 1. The smallest absolute Gasteiger partial charge is 0.224 e. The number of nitrogen functional groups attached to an aromatic ring is 1. The van der Waals surface area contributed by atoms with Crippen molar-refractivity contribution in [2.24, 2.45) is 5.92 Å². The van der Waals surface area contributed by atoms with E-state index in [1.54, 1.807) is 0 Å². The van der Waals surface area contributed by atoms with E-state index in [-0.39, 0.29) is 11.8 Å². The highest BCUT2D eigenvalue weighted by Crippen LogP contribution is 2.23. The number of amides is 1. The fourth-order valence-electron chi connectivity index (χ4n) is 3.67. The van der Waals surface area contributed by atoms with Gasteiger partial charge in [0.05, 0.1) is 11.6 Å². The normalized spacial score (nSPS) is 23.2. The molecule has 3 N–H and O–H groups in total. The average Bonchev–Trinajstić information content (AvgIpc) is 3.05. The quantitative estimate of drug-likeness (QED) is 0.761. The zero-order valence-electron chi connectivity index (χ0n) is 14.2. The number of carbonyl (C=O) groups excluding carboxylic acids is 1. The van der Waals surface area contributed by atoms with Crippen LogP contribution in [0.3, 0.4) is 0 Å². The van der Waals surface area contributed by atoms with Crippen LogP contribution in [0.25, 0.3) is 0 Å². The summed E-state index contributed by atoms with van der Waals surface area (Å²) in [7, 11) is 0. The summed E-state index contributed by atoms with van der Waals surface area (Å²) in [5.74, 6) is 0.348. The lowest BCUT2D eigenvalue weighted by atomic mass is 9.94. The summed E-state index contributed by atoms with van der Waals surface area (Å²) in [6, 6.07) is 0.601. The zero-order chi connectivity index (χ0) is 16.8. The van der Waals surface area contributed by atoms with Crippen molar-refractivity contribution in [3.63, 3.8) is 0 Å². The molecule has 2 aliphatic heterocycles. The predicted octanol–water partition coefficient (Wildman–Crippen LogP) is 1.67. The molecule has 6 nitrogen and oxygen atoms in total. The Kier molecular flexibility index (Phi) is 6.45. The molecule has 1 amide bonds. The second-order valence-corrected chi connectivity index (χ2v) is 7.64. The van der Waals surface area contributed by atoms with E-state index < -0.39 is 0 Å². The molecule has 1 aromatic rings. The monoisotopic (exact) mass is 352 g/mol. The Morgan fingerprint density at radius 3 is 3.00 bits per heavy atom. The molecule has 0 spiro atoms. The van der Waals surface area contributed by atoms with Gasteiger partial charge in [0.15, 0.2) is 5.13 Å². The highest BCUT2D eigenvalue weighted by molar-refractivity contribution is 7.13. The fourth-order valence-corrected chi connectivity index (χ4v) is 4.26. The average molecular weight is 353 g/mol. The van der Waals surface area contributed by atoms with Gasteiger partial charge in [-0.1, -0.05) is 0 Å². The number of piperidine rings is 1. The highest BCUT2D eigenvalue weighted by atomic mass is 32.1. The van der Waals surface area contributed by atoms with Crippen LogP contribution < -0.4 is 11.1 Å². The van der Waals surface area contributed by atoms with Gasteiger partial charge in [0.1, 0.15) is 0 Å². The van der Waals surface area contributed by atoms with Crippen molar-refractivity contribution in [3.05, 3.63) is 11.1 Å². The number of aromatic nitrogens is 1. The molecule has 3 rings (SSSR count). The standard InChI is InChI=1S/C17H28N4O2S/c18-17-20-14(12-24-17)4-1-7-19-16(22)13-3-2-8-21(11-13)15-5-9-23-10-6-15/h12-13,15H,1-11H2,(H2,18,20)(H,19,22)/t13-/m1/s1. The van der Waals surface area contributed by atoms with Crippen molar-refractivity contribution in [3.8, 4) is 0 Å². The molecule has 24 heavy (non-hydrogen) atoms. The number of nitrogens with zero attached hydrogens (tertiary/aromatic N) is 2. The Hall–Kier alpha value is -1.18. The van der Waals surface area contributed by atoms with Crippen LogP contribution >= 0.6 is 11.3 Å². The number of hydrogen-bond donors (Lipinski definition) is 2. The van der Waals surface area contributed by atoms with E-state index in [0.29, 0.717) is 17.7 Å². The first-order valence-corrected chi connectivity index (χ1v) is 9.89.